The standard InChI is InChI=1S/C9H8ClNO.C2H6.CH5N/c1-6-2-3-9(10)8(5-12)7(6)4-11;2*1-2/h2-5,11H,1H3;1-2H3;2H2,1H3. The van der Waals surface area contributed by atoms with Crippen LogP contribution in [0.25, 0.3) is 0 Å². The second-order valence-electron chi connectivity index (χ2n) is 2.45. The Balaban J connectivity index is 0. The molecule has 0 bridgehead atoms. The molecule has 1 rings (SSSR count). The minimum atomic E-state index is 0.395. The molecule has 16 heavy (non-hydrogen) atoms. The zero-order chi connectivity index (χ0) is 13.1. The van der Waals surface area contributed by atoms with Gasteiger partial charge in [-0.3, -0.25) is 4.79 Å². The van der Waals surface area contributed by atoms with E-state index in [0.717, 1.165) is 11.8 Å². The number of carbonyl (C=O) groups excluding carboxylic acids is 1. The molecule has 0 aromatic heterocycles. The van der Waals surface area contributed by atoms with Gasteiger partial charge >= 0.3 is 0 Å². The van der Waals surface area contributed by atoms with E-state index in [1.807, 2.05) is 20.8 Å². The van der Waals surface area contributed by atoms with Crippen LogP contribution in [0.15, 0.2) is 12.1 Å². The molecule has 0 radical (unpaired) electrons. The Hall–Kier alpha value is -1.19. The first kappa shape index (κ1) is 17.2. The molecule has 0 saturated heterocycles. The first-order valence-electron chi connectivity index (χ1n) is 5.03. The number of rotatable bonds is 2. The van der Waals surface area contributed by atoms with Crippen LogP contribution in [0, 0.1) is 12.3 Å². The summed E-state index contributed by atoms with van der Waals surface area (Å²) < 4.78 is 0. The summed E-state index contributed by atoms with van der Waals surface area (Å²) in [5.74, 6) is 0. The summed E-state index contributed by atoms with van der Waals surface area (Å²) in [6.07, 6.45) is 1.82. The Labute approximate surface area is 102 Å². The average Bonchev–Trinajstić information content (AvgIpc) is 2.36. The normalized spacial score (nSPS) is 7.88. The number of hydrogen-bond acceptors (Lipinski definition) is 3. The molecule has 3 nitrogen and oxygen atoms in total. The van der Waals surface area contributed by atoms with E-state index in [-0.39, 0.29) is 0 Å². The molecule has 3 N–H and O–H groups in total. The zero-order valence-corrected chi connectivity index (χ0v) is 10.9. The lowest BCUT2D eigenvalue weighted by molar-refractivity contribution is 0.112. The van der Waals surface area contributed by atoms with Crippen molar-refractivity contribution in [3.63, 3.8) is 0 Å². The van der Waals surface area contributed by atoms with Crippen LogP contribution in [-0.2, 0) is 0 Å². The van der Waals surface area contributed by atoms with E-state index in [4.69, 9.17) is 17.0 Å². The number of nitrogens with one attached hydrogen (secondary N) is 1. The molecule has 0 saturated carbocycles. The molecule has 90 valence electrons. The van der Waals surface area contributed by atoms with Crippen LogP contribution in [0.1, 0.15) is 35.3 Å². The van der Waals surface area contributed by atoms with Gasteiger partial charge in [0.15, 0.2) is 6.29 Å². The molecule has 0 unspecified atom stereocenters. The van der Waals surface area contributed by atoms with Crippen molar-refractivity contribution < 1.29 is 4.79 Å². The van der Waals surface area contributed by atoms with Gasteiger partial charge in [0.25, 0.3) is 0 Å². The molecule has 1 aromatic carbocycles. The molecular formula is C12H19ClN2O. The van der Waals surface area contributed by atoms with E-state index in [1.54, 1.807) is 12.1 Å². The van der Waals surface area contributed by atoms with Crippen molar-refractivity contribution in [3.05, 3.63) is 33.8 Å². The number of hydrogen-bond donors (Lipinski definition) is 2. The first-order valence-corrected chi connectivity index (χ1v) is 5.41. The minimum Gasteiger partial charge on any atom is -0.333 e. The monoisotopic (exact) mass is 242 g/mol. The molecule has 0 aliphatic carbocycles. The smallest absolute Gasteiger partial charge is 0.152 e. The van der Waals surface area contributed by atoms with Crippen LogP contribution in [0.3, 0.4) is 0 Å². The van der Waals surface area contributed by atoms with Gasteiger partial charge in [-0.25, -0.2) is 0 Å². The molecule has 0 heterocycles. The Kier molecular flexibility index (Phi) is 11.1. The SMILES string of the molecule is CC.CN.Cc1ccc(Cl)c(C=O)c1C=N. The Bertz CT molecular complexity index is 305. The first-order chi connectivity index (χ1) is 7.70. The van der Waals surface area contributed by atoms with Crippen LogP contribution in [0.5, 0.6) is 0 Å². The summed E-state index contributed by atoms with van der Waals surface area (Å²) in [7, 11) is 1.50. The molecule has 0 fully saturated rings. The van der Waals surface area contributed by atoms with E-state index in [9.17, 15) is 4.79 Å². The highest BCUT2D eigenvalue weighted by Gasteiger charge is 2.06. The molecule has 0 amide bonds. The van der Waals surface area contributed by atoms with E-state index < -0.39 is 0 Å². The van der Waals surface area contributed by atoms with E-state index in [2.05, 4.69) is 5.73 Å². The molecular weight excluding hydrogens is 224 g/mol. The van der Waals surface area contributed by atoms with Crippen LogP contribution >= 0.6 is 11.6 Å². The topological polar surface area (TPSA) is 66.9 Å². The fourth-order valence-corrected chi connectivity index (χ4v) is 1.24. The van der Waals surface area contributed by atoms with Crippen LogP contribution < -0.4 is 5.73 Å². The van der Waals surface area contributed by atoms with Crippen molar-refractivity contribution in [2.75, 3.05) is 7.05 Å². The van der Waals surface area contributed by atoms with Gasteiger partial charge in [-0.15, -0.1) is 0 Å². The van der Waals surface area contributed by atoms with E-state index in [1.165, 1.54) is 7.05 Å². The number of aryl methyl sites for hydroxylation is 1. The lowest BCUT2D eigenvalue weighted by atomic mass is 10.0. The van der Waals surface area contributed by atoms with E-state index in [0.29, 0.717) is 22.4 Å². The molecule has 0 spiro atoms. The summed E-state index contributed by atoms with van der Waals surface area (Å²) >= 11 is 5.75. The van der Waals surface area contributed by atoms with Crippen LogP contribution in [0.2, 0.25) is 5.02 Å². The molecule has 0 aliphatic rings. The molecule has 4 heteroatoms. The molecule has 1 aromatic rings. The number of halogens is 1. The maximum absolute atomic E-state index is 10.6. The third-order valence-electron chi connectivity index (χ3n) is 1.71. The third-order valence-corrected chi connectivity index (χ3v) is 2.04. The maximum atomic E-state index is 10.6. The average molecular weight is 243 g/mol. The number of carbonyl (C=O) groups is 1. The molecule has 0 aliphatic heterocycles. The van der Waals surface area contributed by atoms with Gasteiger partial charge in [0.1, 0.15) is 0 Å². The van der Waals surface area contributed by atoms with Gasteiger partial charge in [-0.05, 0) is 25.6 Å². The van der Waals surface area contributed by atoms with Crippen molar-refractivity contribution in [3.8, 4) is 0 Å². The van der Waals surface area contributed by atoms with Gasteiger partial charge in [0, 0.05) is 17.3 Å². The predicted molar refractivity (Wildman–Crippen MR) is 70.9 cm³/mol. The quantitative estimate of drug-likeness (QED) is 0.618. The number of aldehydes is 1. The fourth-order valence-electron chi connectivity index (χ4n) is 1.03. The van der Waals surface area contributed by atoms with Gasteiger partial charge in [0.2, 0.25) is 0 Å². The minimum absolute atomic E-state index is 0.395. The Morgan fingerprint density at radius 3 is 2.06 bits per heavy atom. The van der Waals surface area contributed by atoms with Crippen molar-refractivity contribution in [1.29, 1.82) is 5.41 Å². The van der Waals surface area contributed by atoms with Gasteiger partial charge in [0.05, 0.1) is 5.02 Å². The highest BCUT2D eigenvalue weighted by molar-refractivity contribution is 6.33. The van der Waals surface area contributed by atoms with Gasteiger partial charge < -0.3 is 11.1 Å². The Morgan fingerprint density at radius 1 is 1.25 bits per heavy atom. The third kappa shape index (κ3) is 4.55. The van der Waals surface area contributed by atoms with Gasteiger partial charge in [-0.2, -0.15) is 0 Å². The summed E-state index contributed by atoms with van der Waals surface area (Å²) in [6, 6.07) is 3.45. The largest absolute Gasteiger partial charge is 0.333 e. The lowest BCUT2D eigenvalue weighted by Crippen LogP contribution is -1.95. The number of nitrogens with two attached hydrogens (primary N) is 1. The summed E-state index contributed by atoms with van der Waals surface area (Å²) in [5, 5.41) is 7.48. The van der Waals surface area contributed by atoms with Crippen LogP contribution in [-0.4, -0.2) is 19.5 Å². The fraction of sp³-hybridized carbons (Fsp3) is 0.333. The highest BCUT2D eigenvalue weighted by Crippen LogP contribution is 2.19. The zero-order valence-electron chi connectivity index (χ0n) is 10.2. The second kappa shape index (κ2) is 10.3. The van der Waals surface area contributed by atoms with Crippen molar-refractivity contribution in [2.24, 2.45) is 5.73 Å². The molecule has 0 atom stereocenters. The summed E-state index contributed by atoms with van der Waals surface area (Å²) in [5.41, 5.74) is 6.38. The second-order valence-corrected chi connectivity index (χ2v) is 2.86. The van der Waals surface area contributed by atoms with Crippen molar-refractivity contribution in [2.45, 2.75) is 20.8 Å². The van der Waals surface area contributed by atoms with Gasteiger partial charge in [-0.1, -0.05) is 31.5 Å². The Morgan fingerprint density at radius 2 is 1.75 bits per heavy atom. The predicted octanol–water partition coefficient (Wildman–Crippen LogP) is 3.06. The summed E-state index contributed by atoms with van der Waals surface area (Å²) in [6.45, 7) is 5.84. The maximum Gasteiger partial charge on any atom is 0.152 e. The van der Waals surface area contributed by atoms with Crippen molar-refractivity contribution in [1.82, 2.24) is 0 Å². The summed E-state index contributed by atoms with van der Waals surface area (Å²) in [4.78, 5) is 10.6. The van der Waals surface area contributed by atoms with E-state index >= 15 is 0 Å². The van der Waals surface area contributed by atoms with Crippen molar-refractivity contribution >= 4 is 24.1 Å². The van der Waals surface area contributed by atoms with Crippen LogP contribution in [0.4, 0.5) is 0 Å². The highest BCUT2D eigenvalue weighted by atomic mass is 35.5. The lowest BCUT2D eigenvalue weighted by Gasteiger charge is -2.03. The number of benzene rings is 1.